The van der Waals surface area contributed by atoms with Crippen molar-refractivity contribution in [3.05, 3.63) is 83.6 Å². The SMILES string of the molecule is CCOC(=O)C1CCN(C(=O)/C=C/c2cn(Cc3ccccc3)nc2-c2ccc(C)cc2)CC1. The molecule has 0 unspecified atom stereocenters. The summed E-state index contributed by atoms with van der Waals surface area (Å²) in [4.78, 5) is 26.6. The molecule has 1 aromatic heterocycles. The van der Waals surface area contributed by atoms with Crippen molar-refractivity contribution in [3.8, 4) is 11.3 Å². The third-order valence-corrected chi connectivity index (χ3v) is 6.13. The Balaban J connectivity index is 1.50. The van der Waals surface area contributed by atoms with Gasteiger partial charge >= 0.3 is 5.97 Å². The normalized spacial score (nSPS) is 14.5. The summed E-state index contributed by atoms with van der Waals surface area (Å²) in [7, 11) is 0. The standard InChI is InChI=1S/C28H31N3O3/c1-3-34-28(33)24-15-17-30(18-16-24)26(32)14-13-25-20-31(19-22-7-5-4-6-8-22)29-27(25)23-11-9-21(2)10-12-23/h4-14,20,24H,3,15-19H2,1-2H3/b14-13+. The van der Waals surface area contributed by atoms with Crippen molar-refractivity contribution in [2.24, 2.45) is 5.92 Å². The second kappa shape index (κ2) is 11.0. The van der Waals surface area contributed by atoms with E-state index in [1.54, 1.807) is 11.0 Å². The lowest BCUT2D eigenvalue weighted by Crippen LogP contribution is -2.39. The van der Waals surface area contributed by atoms with Crippen LogP contribution in [0.5, 0.6) is 0 Å². The van der Waals surface area contributed by atoms with Gasteiger partial charge in [0.05, 0.1) is 24.8 Å². The number of likely N-dealkylation sites (tertiary alicyclic amines) is 1. The van der Waals surface area contributed by atoms with Gasteiger partial charge in [0.25, 0.3) is 0 Å². The molecule has 34 heavy (non-hydrogen) atoms. The molecule has 6 heteroatoms. The van der Waals surface area contributed by atoms with E-state index in [0.29, 0.717) is 39.1 Å². The van der Waals surface area contributed by atoms with E-state index in [1.165, 1.54) is 5.56 Å². The Bertz CT molecular complexity index is 1140. The van der Waals surface area contributed by atoms with Gasteiger partial charge in [0.2, 0.25) is 5.91 Å². The van der Waals surface area contributed by atoms with Crippen LogP contribution in [-0.4, -0.2) is 46.3 Å². The zero-order chi connectivity index (χ0) is 23.9. The van der Waals surface area contributed by atoms with Crippen LogP contribution in [0.1, 0.15) is 36.5 Å². The Labute approximate surface area is 200 Å². The summed E-state index contributed by atoms with van der Waals surface area (Å²) in [5.41, 5.74) is 5.11. The number of aryl methyl sites for hydroxylation is 1. The van der Waals surface area contributed by atoms with Crippen LogP contribution in [0, 0.1) is 12.8 Å². The van der Waals surface area contributed by atoms with E-state index in [0.717, 1.165) is 22.4 Å². The van der Waals surface area contributed by atoms with Crippen LogP contribution in [0.3, 0.4) is 0 Å². The summed E-state index contributed by atoms with van der Waals surface area (Å²) in [5, 5.41) is 4.83. The molecule has 6 nitrogen and oxygen atoms in total. The van der Waals surface area contributed by atoms with Gasteiger partial charge in [-0.2, -0.15) is 5.10 Å². The number of carbonyl (C=O) groups is 2. The first-order valence-electron chi connectivity index (χ1n) is 11.9. The van der Waals surface area contributed by atoms with Gasteiger partial charge in [0.1, 0.15) is 0 Å². The fourth-order valence-electron chi connectivity index (χ4n) is 4.21. The molecule has 0 atom stereocenters. The molecule has 1 amide bonds. The van der Waals surface area contributed by atoms with E-state index in [-0.39, 0.29) is 17.8 Å². The molecule has 0 spiro atoms. The molecule has 0 aliphatic carbocycles. The highest BCUT2D eigenvalue weighted by Crippen LogP contribution is 2.25. The smallest absolute Gasteiger partial charge is 0.309 e. The lowest BCUT2D eigenvalue weighted by molar-refractivity contribution is -0.150. The molecule has 0 N–H and O–H groups in total. The van der Waals surface area contributed by atoms with Crippen LogP contribution in [0.25, 0.3) is 17.3 Å². The highest BCUT2D eigenvalue weighted by atomic mass is 16.5. The van der Waals surface area contributed by atoms with Crippen LogP contribution < -0.4 is 0 Å². The van der Waals surface area contributed by atoms with Crippen molar-refractivity contribution in [1.29, 1.82) is 0 Å². The first kappa shape index (κ1) is 23.5. The van der Waals surface area contributed by atoms with E-state index in [4.69, 9.17) is 9.84 Å². The molecule has 1 aliphatic rings. The highest BCUT2D eigenvalue weighted by Gasteiger charge is 2.27. The maximum atomic E-state index is 12.9. The first-order chi connectivity index (χ1) is 16.5. The number of esters is 1. The lowest BCUT2D eigenvalue weighted by atomic mass is 9.97. The second-order valence-corrected chi connectivity index (χ2v) is 8.67. The number of carbonyl (C=O) groups excluding carboxylic acids is 2. The van der Waals surface area contributed by atoms with Crippen molar-refractivity contribution in [3.63, 3.8) is 0 Å². The molecule has 2 heterocycles. The summed E-state index contributed by atoms with van der Waals surface area (Å²) >= 11 is 0. The van der Waals surface area contributed by atoms with Gasteiger partial charge in [0, 0.05) is 36.5 Å². The number of ether oxygens (including phenoxy) is 1. The van der Waals surface area contributed by atoms with Gasteiger partial charge in [-0.1, -0.05) is 60.2 Å². The molecular weight excluding hydrogens is 426 g/mol. The van der Waals surface area contributed by atoms with Crippen LogP contribution >= 0.6 is 0 Å². The minimum absolute atomic E-state index is 0.0482. The van der Waals surface area contributed by atoms with E-state index >= 15 is 0 Å². The topological polar surface area (TPSA) is 64.4 Å². The molecular formula is C28H31N3O3. The number of hydrogen-bond donors (Lipinski definition) is 0. The Hall–Kier alpha value is -3.67. The van der Waals surface area contributed by atoms with E-state index in [9.17, 15) is 9.59 Å². The number of amides is 1. The fraction of sp³-hybridized carbons (Fsp3) is 0.321. The highest BCUT2D eigenvalue weighted by molar-refractivity contribution is 5.93. The van der Waals surface area contributed by atoms with Gasteiger partial charge in [-0.3, -0.25) is 14.3 Å². The third-order valence-electron chi connectivity index (χ3n) is 6.13. The monoisotopic (exact) mass is 457 g/mol. The molecule has 2 aromatic carbocycles. The molecule has 1 fully saturated rings. The van der Waals surface area contributed by atoms with Crippen LogP contribution in [0.2, 0.25) is 0 Å². The lowest BCUT2D eigenvalue weighted by Gasteiger charge is -2.30. The van der Waals surface area contributed by atoms with Gasteiger partial charge in [-0.15, -0.1) is 0 Å². The van der Waals surface area contributed by atoms with E-state index in [1.807, 2.05) is 42.1 Å². The maximum absolute atomic E-state index is 12.9. The van der Waals surface area contributed by atoms with Crippen LogP contribution in [0.4, 0.5) is 0 Å². The average molecular weight is 458 g/mol. The average Bonchev–Trinajstić information content (AvgIpc) is 3.26. The third kappa shape index (κ3) is 5.81. The van der Waals surface area contributed by atoms with Gasteiger partial charge < -0.3 is 9.64 Å². The predicted octanol–water partition coefficient (Wildman–Crippen LogP) is 4.72. The summed E-state index contributed by atoms with van der Waals surface area (Å²) in [6.07, 6.45) is 6.73. The number of benzene rings is 2. The number of hydrogen-bond acceptors (Lipinski definition) is 4. The van der Waals surface area contributed by atoms with Crippen molar-refractivity contribution in [2.45, 2.75) is 33.2 Å². The van der Waals surface area contributed by atoms with Crippen molar-refractivity contribution >= 4 is 18.0 Å². The quantitative estimate of drug-likeness (QED) is 0.380. The largest absolute Gasteiger partial charge is 0.466 e. The molecule has 1 aliphatic heterocycles. The van der Waals surface area contributed by atoms with Gasteiger partial charge in [0.15, 0.2) is 0 Å². The minimum atomic E-state index is -0.154. The van der Waals surface area contributed by atoms with Crippen LogP contribution in [0.15, 0.2) is 66.9 Å². The molecule has 176 valence electrons. The summed E-state index contributed by atoms with van der Waals surface area (Å²) in [5.74, 6) is -0.316. The van der Waals surface area contributed by atoms with E-state index in [2.05, 4.69) is 43.3 Å². The molecule has 3 aromatic rings. The molecule has 1 saturated heterocycles. The Kier molecular flexibility index (Phi) is 7.58. The minimum Gasteiger partial charge on any atom is -0.466 e. The predicted molar refractivity (Wildman–Crippen MR) is 133 cm³/mol. The van der Waals surface area contributed by atoms with Gasteiger partial charge in [-0.05, 0) is 38.3 Å². The number of rotatable bonds is 7. The summed E-state index contributed by atoms with van der Waals surface area (Å²) in [6.45, 7) is 6.04. The van der Waals surface area contributed by atoms with Crippen molar-refractivity contribution < 1.29 is 14.3 Å². The summed E-state index contributed by atoms with van der Waals surface area (Å²) in [6, 6.07) is 18.4. The molecule has 4 rings (SSSR count). The number of nitrogens with zero attached hydrogens (tertiary/aromatic N) is 3. The fourth-order valence-corrected chi connectivity index (χ4v) is 4.21. The Morgan fingerprint density at radius 2 is 1.76 bits per heavy atom. The zero-order valence-corrected chi connectivity index (χ0v) is 19.8. The number of aromatic nitrogens is 2. The number of piperidine rings is 1. The molecule has 0 radical (unpaired) electrons. The molecule has 0 saturated carbocycles. The van der Waals surface area contributed by atoms with Crippen LogP contribution in [-0.2, 0) is 20.9 Å². The van der Waals surface area contributed by atoms with E-state index < -0.39 is 0 Å². The Morgan fingerprint density at radius 1 is 1.06 bits per heavy atom. The summed E-state index contributed by atoms with van der Waals surface area (Å²) < 4.78 is 7.04. The molecule has 0 bridgehead atoms. The zero-order valence-electron chi connectivity index (χ0n) is 19.8. The van der Waals surface area contributed by atoms with Gasteiger partial charge in [-0.25, -0.2) is 0 Å². The van der Waals surface area contributed by atoms with Crippen molar-refractivity contribution in [1.82, 2.24) is 14.7 Å². The first-order valence-corrected chi connectivity index (χ1v) is 11.9. The second-order valence-electron chi connectivity index (χ2n) is 8.67. The maximum Gasteiger partial charge on any atom is 0.309 e. The Morgan fingerprint density at radius 3 is 2.44 bits per heavy atom. The van der Waals surface area contributed by atoms with Crippen molar-refractivity contribution in [2.75, 3.05) is 19.7 Å².